The second-order valence-corrected chi connectivity index (χ2v) is 8.71. The van der Waals surface area contributed by atoms with Crippen molar-refractivity contribution in [1.82, 2.24) is 24.7 Å². The number of halogens is 1. The minimum atomic E-state index is -0.710. The van der Waals surface area contributed by atoms with E-state index in [0.717, 1.165) is 12.8 Å². The van der Waals surface area contributed by atoms with Crippen LogP contribution in [-0.4, -0.2) is 30.5 Å². The Hall–Kier alpha value is -4.29. The van der Waals surface area contributed by atoms with E-state index < -0.39 is 11.7 Å². The molecule has 0 bridgehead atoms. The highest BCUT2D eigenvalue weighted by molar-refractivity contribution is 6.30. The van der Waals surface area contributed by atoms with Crippen molar-refractivity contribution < 1.29 is 4.79 Å². The molecule has 34 heavy (non-hydrogen) atoms. The van der Waals surface area contributed by atoms with Crippen molar-refractivity contribution in [3.8, 4) is 6.07 Å². The van der Waals surface area contributed by atoms with Gasteiger partial charge in [0, 0.05) is 28.3 Å². The number of ketones is 1. The van der Waals surface area contributed by atoms with E-state index in [2.05, 4.69) is 26.2 Å². The molecule has 9 nitrogen and oxygen atoms in total. The van der Waals surface area contributed by atoms with Crippen molar-refractivity contribution in [2.75, 3.05) is 4.90 Å². The molecule has 10 heteroatoms. The lowest BCUT2D eigenvalue weighted by Gasteiger charge is -2.34. The van der Waals surface area contributed by atoms with Gasteiger partial charge in [0.15, 0.2) is 5.78 Å². The van der Waals surface area contributed by atoms with Crippen molar-refractivity contribution in [3.63, 3.8) is 0 Å². The van der Waals surface area contributed by atoms with Crippen molar-refractivity contribution >= 4 is 34.8 Å². The van der Waals surface area contributed by atoms with Crippen molar-refractivity contribution in [2.45, 2.75) is 18.9 Å². The van der Waals surface area contributed by atoms with Crippen LogP contribution in [0.5, 0.6) is 0 Å². The van der Waals surface area contributed by atoms with Crippen LogP contribution in [0.25, 0.3) is 0 Å². The van der Waals surface area contributed by atoms with Gasteiger partial charge in [-0.25, -0.2) is 24.4 Å². The van der Waals surface area contributed by atoms with E-state index in [1.807, 2.05) is 6.07 Å². The Morgan fingerprint density at radius 3 is 2.79 bits per heavy atom. The number of rotatable bonds is 4. The summed E-state index contributed by atoms with van der Waals surface area (Å²) in [7, 11) is 0. The maximum Gasteiger partial charge on any atom is 0.345 e. The van der Waals surface area contributed by atoms with Crippen LogP contribution in [0.1, 0.15) is 45.9 Å². The van der Waals surface area contributed by atoms with E-state index in [4.69, 9.17) is 11.6 Å². The summed E-state index contributed by atoms with van der Waals surface area (Å²) in [6.07, 6.45) is 4.69. The number of aromatic nitrogens is 5. The smallest absolute Gasteiger partial charge is 0.294 e. The molecular formula is C24H16ClN7O2. The highest BCUT2D eigenvalue weighted by Gasteiger charge is 2.40. The fourth-order valence-corrected chi connectivity index (χ4v) is 4.62. The van der Waals surface area contributed by atoms with Crippen molar-refractivity contribution in [1.29, 1.82) is 5.26 Å². The van der Waals surface area contributed by atoms with Crippen LogP contribution in [0.15, 0.2) is 59.8 Å². The SMILES string of the molecule is N#Cc1ccc(C2c3cncnc3N(c3cccc(Cl)c3)c3n[nH]c(=O)n32)c(C(=O)C2CC2)c1. The van der Waals surface area contributed by atoms with Gasteiger partial charge in [0.1, 0.15) is 12.1 Å². The molecule has 166 valence electrons. The third-order valence-electron chi connectivity index (χ3n) is 6.13. The molecule has 1 aliphatic carbocycles. The third kappa shape index (κ3) is 3.11. The second-order valence-electron chi connectivity index (χ2n) is 8.27. The predicted octanol–water partition coefficient (Wildman–Crippen LogP) is 3.90. The van der Waals surface area contributed by atoms with Gasteiger partial charge in [-0.3, -0.25) is 9.69 Å². The number of carbonyl (C=O) groups excluding carboxylic acids is 1. The van der Waals surface area contributed by atoms with Gasteiger partial charge >= 0.3 is 5.69 Å². The minimum absolute atomic E-state index is 0.0270. The van der Waals surface area contributed by atoms with E-state index in [-0.39, 0.29) is 11.7 Å². The number of nitrogens with one attached hydrogen (secondary N) is 1. The van der Waals surface area contributed by atoms with Gasteiger partial charge in [-0.2, -0.15) is 5.26 Å². The lowest BCUT2D eigenvalue weighted by molar-refractivity contribution is 0.0966. The topological polar surface area (TPSA) is 121 Å². The Kier molecular flexibility index (Phi) is 4.57. The minimum Gasteiger partial charge on any atom is -0.294 e. The first-order valence-electron chi connectivity index (χ1n) is 10.7. The number of benzene rings is 2. The first-order valence-corrected chi connectivity index (χ1v) is 11.1. The number of anilines is 3. The number of H-pyrrole nitrogens is 1. The van der Waals surface area contributed by atoms with Gasteiger partial charge in [-0.05, 0) is 48.7 Å². The Morgan fingerprint density at radius 2 is 2.03 bits per heavy atom. The first-order chi connectivity index (χ1) is 16.6. The number of carbonyl (C=O) groups is 1. The highest BCUT2D eigenvalue weighted by Crippen LogP contribution is 2.46. The number of hydrogen-bond acceptors (Lipinski definition) is 7. The van der Waals surface area contributed by atoms with Crippen molar-refractivity contribution in [2.24, 2.45) is 5.92 Å². The van der Waals surface area contributed by atoms with Crippen LogP contribution in [0.4, 0.5) is 17.5 Å². The fraction of sp³-hybridized carbons (Fsp3) is 0.167. The maximum absolute atomic E-state index is 13.2. The van der Waals surface area contributed by atoms with Crippen LogP contribution in [-0.2, 0) is 0 Å². The molecule has 1 aliphatic heterocycles. The van der Waals surface area contributed by atoms with E-state index in [0.29, 0.717) is 44.7 Å². The number of nitrogens with zero attached hydrogens (tertiary/aromatic N) is 6. The highest BCUT2D eigenvalue weighted by atomic mass is 35.5. The summed E-state index contributed by atoms with van der Waals surface area (Å²) in [5.74, 6) is 0.729. The monoisotopic (exact) mass is 469 g/mol. The lowest BCUT2D eigenvalue weighted by atomic mass is 9.89. The van der Waals surface area contributed by atoms with Gasteiger partial charge in [0.05, 0.1) is 23.4 Å². The molecule has 0 spiro atoms. The summed E-state index contributed by atoms with van der Waals surface area (Å²) in [5, 5.41) is 16.8. The lowest BCUT2D eigenvalue weighted by Crippen LogP contribution is -2.34. The largest absolute Gasteiger partial charge is 0.345 e. The van der Waals surface area contributed by atoms with E-state index in [9.17, 15) is 14.9 Å². The number of aromatic amines is 1. The summed E-state index contributed by atoms with van der Waals surface area (Å²) < 4.78 is 1.48. The fourth-order valence-electron chi connectivity index (χ4n) is 4.44. The predicted molar refractivity (Wildman–Crippen MR) is 124 cm³/mol. The molecule has 2 aromatic carbocycles. The molecular weight excluding hydrogens is 454 g/mol. The average molecular weight is 470 g/mol. The molecule has 1 saturated carbocycles. The third-order valence-corrected chi connectivity index (χ3v) is 6.36. The standard InChI is InChI=1S/C24H16ClN7O2/c25-15-2-1-3-16(9-15)31-22-19(11-27-12-28-22)20(32-23(31)29-30-24(32)34)17-7-4-13(10-26)8-18(17)21(33)14-5-6-14/h1-4,7-9,11-12,14,20H,5-6H2,(H,30,34). The second kappa shape index (κ2) is 7.64. The molecule has 0 amide bonds. The summed E-state index contributed by atoms with van der Waals surface area (Å²) in [6.45, 7) is 0. The first kappa shape index (κ1) is 20.3. The van der Waals surface area contributed by atoms with Gasteiger partial charge in [-0.15, -0.1) is 5.10 Å². The molecule has 6 rings (SSSR count). The van der Waals surface area contributed by atoms with Crippen LogP contribution in [0.2, 0.25) is 5.02 Å². The summed E-state index contributed by atoms with van der Waals surface area (Å²) in [5.41, 5.74) is 2.25. The van der Waals surface area contributed by atoms with Crippen LogP contribution >= 0.6 is 11.6 Å². The molecule has 0 radical (unpaired) electrons. The van der Waals surface area contributed by atoms with Crippen LogP contribution in [0.3, 0.4) is 0 Å². The molecule has 1 atom stereocenters. The molecule has 1 unspecified atom stereocenters. The quantitative estimate of drug-likeness (QED) is 0.396. The molecule has 0 saturated heterocycles. The van der Waals surface area contributed by atoms with Gasteiger partial charge in [-0.1, -0.05) is 23.7 Å². The summed E-state index contributed by atoms with van der Waals surface area (Å²) in [4.78, 5) is 36.8. The van der Waals surface area contributed by atoms with Gasteiger partial charge in [0.2, 0.25) is 5.95 Å². The molecule has 2 aromatic heterocycles. The zero-order chi connectivity index (χ0) is 23.4. The maximum atomic E-state index is 13.2. The zero-order valence-electron chi connectivity index (χ0n) is 17.6. The average Bonchev–Trinajstić information content (AvgIpc) is 3.65. The molecule has 3 heterocycles. The molecule has 2 aliphatic rings. The number of Topliss-reactive ketones (excluding diaryl/α,β-unsaturated/α-hetero) is 1. The van der Waals surface area contributed by atoms with Crippen LogP contribution in [0, 0.1) is 17.2 Å². The van der Waals surface area contributed by atoms with E-state index >= 15 is 0 Å². The molecule has 1 fully saturated rings. The molecule has 4 aromatic rings. The Bertz CT molecular complexity index is 1560. The number of fused-ring (bicyclic) bond motifs is 2. The Labute approximate surface area is 198 Å². The number of hydrogen-bond donors (Lipinski definition) is 1. The van der Waals surface area contributed by atoms with Crippen LogP contribution < -0.4 is 10.6 Å². The van der Waals surface area contributed by atoms with Crippen molar-refractivity contribution in [3.05, 3.63) is 92.7 Å². The van der Waals surface area contributed by atoms with Gasteiger partial charge < -0.3 is 0 Å². The Morgan fingerprint density at radius 1 is 1.18 bits per heavy atom. The number of nitriles is 1. The van der Waals surface area contributed by atoms with Gasteiger partial charge in [0.25, 0.3) is 0 Å². The zero-order valence-corrected chi connectivity index (χ0v) is 18.4. The summed E-state index contributed by atoms with van der Waals surface area (Å²) >= 11 is 6.25. The normalized spacial score (nSPS) is 16.5. The van der Waals surface area contributed by atoms with E-state index in [1.165, 1.54) is 10.9 Å². The summed E-state index contributed by atoms with van der Waals surface area (Å²) in [6, 6.07) is 13.5. The van der Waals surface area contributed by atoms with E-state index in [1.54, 1.807) is 47.5 Å². The Balaban J connectivity index is 1.63. The molecule has 1 N–H and O–H groups in total.